The van der Waals surface area contributed by atoms with Gasteiger partial charge in [-0.1, -0.05) is 60.7 Å². The number of pyridine rings is 3. The van der Waals surface area contributed by atoms with Crippen molar-refractivity contribution in [2.24, 2.45) is 0 Å². The van der Waals surface area contributed by atoms with Gasteiger partial charge in [-0.2, -0.15) is 0 Å². The number of para-hydroxylation sites is 3. The van der Waals surface area contributed by atoms with Gasteiger partial charge in [0.15, 0.2) is 0 Å². The van der Waals surface area contributed by atoms with Gasteiger partial charge in [0, 0.05) is 56.1 Å². The van der Waals surface area contributed by atoms with E-state index in [1.54, 1.807) is 0 Å². The van der Waals surface area contributed by atoms with Crippen molar-refractivity contribution in [1.82, 2.24) is 28.5 Å². The zero-order chi connectivity index (χ0) is 30.6. The fraction of sp³-hybridized carbons (Fsp3) is 0. The second-order valence-electron chi connectivity index (χ2n) is 12.1. The molecule has 0 aliphatic heterocycles. The van der Waals surface area contributed by atoms with Crippen LogP contribution in [0.2, 0.25) is 0 Å². The lowest BCUT2D eigenvalue weighted by Crippen LogP contribution is -1.96. The predicted octanol–water partition coefficient (Wildman–Crippen LogP) is 9.78. The Balaban J connectivity index is 1.43. The third-order valence-electron chi connectivity index (χ3n) is 9.72. The molecule has 0 saturated heterocycles. The Hall–Kier alpha value is -6.53. The van der Waals surface area contributed by atoms with Gasteiger partial charge in [-0.05, 0) is 66.7 Å². The lowest BCUT2D eigenvalue weighted by atomic mass is 10.0. The van der Waals surface area contributed by atoms with E-state index in [1.807, 2.05) is 30.7 Å². The smallest absolute Gasteiger partial charge is 0.146 e. The third kappa shape index (κ3) is 3.16. The van der Waals surface area contributed by atoms with Crippen LogP contribution in [-0.2, 0) is 0 Å². The van der Waals surface area contributed by atoms with Crippen molar-refractivity contribution in [2.75, 3.05) is 0 Å². The van der Waals surface area contributed by atoms with Gasteiger partial charge in [0.1, 0.15) is 11.2 Å². The average Bonchev–Trinajstić information content (AvgIpc) is 3.80. The molecule has 0 radical (unpaired) electrons. The van der Waals surface area contributed by atoms with Gasteiger partial charge in [-0.15, -0.1) is 0 Å². The minimum Gasteiger partial charge on any atom is -0.309 e. The third-order valence-corrected chi connectivity index (χ3v) is 9.72. The van der Waals surface area contributed by atoms with E-state index in [0.717, 1.165) is 55.4 Å². The first-order chi connectivity index (χ1) is 23.4. The zero-order valence-electron chi connectivity index (χ0n) is 25.0. The minimum atomic E-state index is 0.868. The molecule has 0 unspecified atom stereocenters. The normalized spacial score (nSPS) is 12.3. The summed E-state index contributed by atoms with van der Waals surface area (Å²) >= 11 is 0. The highest BCUT2D eigenvalue weighted by Crippen LogP contribution is 2.45. The second-order valence-corrected chi connectivity index (χ2v) is 12.1. The Bertz CT molecular complexity index is 3060. The Morgan fingerprint density at radius 3 is 1.98 bits per heavy atom. The van der Waals surface area contributed by atoms with E-state index in [1.165, 1.54) is 38.1 Å². The fourth-order valence-electron chi connectivity index (χ4n) is 7.91. The molecule has 6 heterocycles. The van der Waals surface area contributed by atoms with E-state index in [0.29, 0.717) is 0 Å². The van der Waals surface area contributed by atoms with Gasteiger partial charge in [0.2, 0.25) is 0 Å². The summed E-state index contributed by atoms with van der Waals surface area (Å²) in [6.45, 7) is 0. The first-order valence-electron chi connectivity index (χ1n) is 15.8. The number of benzene rings is 5. The highest BCUT2D eigenvalue weighted by atomic mass is 15.0. The van der Waals surface area contributed by atoms with Crippen LogP contribution in [0, 0.1) is 0 Å². The Morgan fingerprint density at radius 2 is 1.15 bits per heavy atom. The van der Waals surface area contributed by atoms with Gasteiger partial charge >= 0.3 is 0 Å². The van der Waals surface area contributed by atoms with Crippen molar-refractivity contribution in [3.05, 3.63) is 146 Å². The largest absolute Gasteiger partial charge is 0.309 e. The lowest BCUT2D eigenvalue weighted by molar-refractivity contribution is 1.17. The van der Waals surface area contributed by atoms with Crippen molar-refractivity contribution < 1.29 is 0 Å². The molecule has 218 valence electrons. The molecule has 0 aliphatic rings. The molecule has 0 N–H and O–H groups in total. The van der Waals surface area contributed by atoms with Crippen molar-refractivity contribution in [3.8, 4) is 11.4 Å². The van der Waals surface area contributed by atoms with Crippen LogP contribution in [0.15, 0.2) is 146 Å². The number of rotatable bonds is 2. The summed E-state index contributed by atoms with van der Waals surface area (Å²) in [6.07, 6.45) is 5.57. The molecule has 6 aromatic heterocycles. The zero-order valence-corrected chi connectivity index (χ0v) is 25.0. The number of aromatic nitrogens is 6. The summed E-state index contributed by atoms with van der Waals surface area (Å²) in [5.41, 5.74) is 11.7. The molecule has 0 amide bonds. The summed E-state index contributed by atoms with van der Waals surface area (Å²) in [5, 5.41) is 6.99. The van der Waals surface area contributed by atoms with Crippen LogP contribution in [0.5, 0.6) is 0 Å². The van der Waals surface area contributed by atoms with Crippen LogP contribution in [0.1, 0.15) is 0 Å². The van der Waals surface area contributed by atoms with Crippen LogP contribution in [-0.4, -0.2) is 28.5 Å². The highest BCUT2D eigenvalue weighted by Gasteiger charge is 2.24. The topological polar surface area (TPSA) is 52.9 Å². The van der Waals surface area contributed by atoms with Crippen LogP contribution < -0.4 is 0 Å². The fourth-order valence-corrected chi connectivity index (χ4v) is 7.91. The van der Waals surface area contributed by atoms with E-state index < -0.39 is 0 Å². The van der Waals surface area contributed by atoms with Gasteiger partial charge in [0.05, 0.1) is 44.8 Å². The minimum absolute atomic E-state index is 0.868. The molecule has 0 saturated carbocycles. The van der Waals surface area contributed by atoms with Crippen molar-refractivity contribution in [3.63, 3.8) is 0 Å². The van der Waals surface area contributed by atoms with Gasteiger partial charge in [0.25, 0.3) is 0 Å². The molecule has 47 heavy (non-hydrogen) atoms. The second kappa shape index (κ2) is 9.02. The van der Waals surface area contributed by atoms with Gasteiger partial charge in [-0.3, -0.25) is 14.4 Å². The van der Waals surface area contributed by atoms with Crippen molar-refractivity contribution in [1.29, 1.82) is 0 Å². The van der Waals surface area contributed by atoms with E-state index in [2.05, 4.69) is 134 Å². The molecule has 11 aromatic rings. The first-order valence-corrected chi connectivity index (χ1v) is 15.8. The molecule has 6 heteroatoms. The quantitative estimate of drug-likeness (QED) is 0.186. The summed E-state index contributed by atoms with van der Waals surface area (Å²) in [5.74, 6) is 0. The van der Waals surface area contributed by atoms with Gasteiger partial charge in [-0.25, -0.2) is 4.98 Å². The average molecular weight is 601 g/mol. The monoisotopic (exact) mass is 600 g/mol. The molecule has 0 bridgehead atoms. The SMILES string of the molecule is c1ccc(-n2c3ccccc3c3c2ccc2c4c5c(ccc4n(-c4ccccc4)c23)c2nc3cnccc3n2c2cccnc52)cc1. The van der Waals surface area contributed by atoms with E-state index in [-0.39, 0.29) is 0 Å². The molecule has 6 nitrogen and oxygen atoms in total. The Kier molecular flexibility index (Phi) is 4.75. The lowest BCUT2D eigenvalue weighted by Gasteiger charge is -2.11. The number of fused-ring (bicyclic) bond motifs is 16. The van der Waals surface area contributed by atoms with Crippen LogP contribution in [0.25, 0.3) is 93.5 Å². The summed E-state index contributed by atoms with van der Waals surface area (Å²) in [7, 11) is 0. The molecule has 0 atom stereocenters. The van der Waals surface area contributed by atoms with Crippen molar-refractivity contribution in [2.45, 2.75) is 0 Å². The molecule has 0 spiro atoms. The molecule has 5 aromatic carbocycles. The molecular weight excluding hydrogens is 576 g/mol. The Labute approximate surface area is 267 Å². The van der Waals surface area contributed by atoms with E-state index in [9.17, 15) is 0 Å². The van der Waals surface area contributed by atoms with E-state index in [4.69, 9.17) is 9.97 Å². The standard InChI is InChI=1S/C41H24N6/c1-3-10-25(11-4-1)45-31-15-8-7-14-27(31)37-34(45)19-17-28-36-33(46(40(28)37)26-12-5-2-6-13-26)20-18-29-38(36)39-35(16-9-22-43-39)47-32-21-23-42-24-30(32)44-41(29)47/h1-24H. The number of hydrogen-bond acceptors (Lipinski definition) is 3. The maximum absolute atomic E-state index is 5.14. The first kappa shape index (κ1) is 24.8. The van der Waals surface area contributed by atoms with Crippen LogP contribution in [0.3, 0.4) is 0 Å². The number of nitrogens with zero attached hydrogens (tertiary/aromatic N) is 6. The summed E-state index contributed by atoms with van der Waals surface area (Å²) < 4.78 is 7.06. The molecular formula is C41H24N6. The van der Waals surface area contributed by atoms with Crippen LogP contribution in [0.4, 0.5) is 0 Å². The number of imidazole rings is 1. The predicted molar refractivity (Wildman–Crippen MR) is 192 cm³/mol. The van der Waals surface area contributed by atoms with E-state index >= 15 is 0 Å². The Morgan fingerprint density at radius 1 is 0.447 bits per heavy atom. The number of hydrogen-bond donors (Lipinski definition) is 0. The maximum atomic E-state index is 5.14. The van der Waals surface area contributed by atoms with Crippen molar-refractivity contribution >= 4 is 82.1 Å². The summed E-state index contributed by atoms with van der Waals surface area (Å²) in [4.78, 5) is 14.6. The maximum Gasteiger partial charge on any atom is 0.146 e. The highest BCUT2D eigenvalue weighted by molar-refractivity contribution is 6.34. The molecule has 0 fully saturated rings. The molecule has 11 rings (SSSR count). The van der Waals surface area contributed by atoms with Crippen LogP contribution >= 0.6 is 0 Å². The van der Waals surface area contributed by atoms with Gasteiger partial charge < -0.3 is 9.13 Å². The molecule has 0 aliphatic carbocycles. The summed E-state index contributed by atoms with van der Waals surface area (Å²) in [6, 6.07) is 45.4.